The van der Waals surface area contributed by atoms with E-state index >= 15 is 0 Å². The molecule has 0 amide bonds. The van der Waals surface area contributed by atoms with Crippen LogP contribution in [0.25, 0.3) is 0 Å². The molecule has 0 saturated heterocycles. The fourth-order valence-corrected chi connectivity index (χ4v) is 0.527. The highest BCUT2D eigenvalue weighted by atomic mass is 14.0. The molecular weight excluding hydrogens is 132 g/mol. The van der Waals surface area contributed by atoms with Gasteiger partial charge in [-0.25, -0.2) is 0 Å². The summed E-state index contributed by atoms with van der Waals surface area (Å²) < 4.78 is 0. The first-order valence-electron chi connectivity index (χ1n) is 4.07. The zero-order valence-corrected chi connectivity index (χ0v) is 8.02. The first-order chi connectivity index (χ1) is 5.07. The summed E-state index contributed by atoms with van der Waals surface area (Å²) in [6.07, 6.45) is 6.27. The van der Waals surface area contributed by atoms with Gasteiger partial charge >= 0.3 is 0 Å². The maximum absolute atomic E-state index is 3.95. The molecule has 0 aromatic rings. The van der Waals surface area contributed by atoms with E-state index in [-0.39, 0.29) is 0 Å². The van der Waals surface area contributed by atoms with Gasteiger partial charge in [-0.05, 0) is 19.8 Å². The van der Waals surface area contributed by atoms with E-state index in [1.54, 1.807) is 0 Å². The number of allylic oxidation sites excluding steroid dienone is 5. The van der Waals surface area contributed by atoms with Crippen LogP contribution in [0.15, 0.2) is 36.0 Å². The highest BCUT2D eigenvalue weighted by Gasteiger charge is 1.93. The molecule has 0 aliphatic heterocycles. The molecule has 0 aliphatic carbocycles. The van der Waals surface area contributed by atoms with Crippen molar-refractivity contribution in [1.29, 1.82) is 0 Å². The van der Waals surface area contributed by atoms with Gasteiger partial charge in [0.1, 0.15) is 0 Å². The van der Waals surface area contributed by atoms with Crippen LogP contribution in [0.1, 0.15) is 27.7 Å². The highest BCUT2D eigenvalue weighted by Crippen LogP contribution is 2.09. The van der Waals surface area contributed by atoms with Crippen molar-refractivity contribution in [2.75, 3.05) is 0 Å². The van der Waals surface area contributed by atoms with E-state index in [1.165, 1.54) is 11.1 Å². The SMILES string of the molecule is C=C(/C=C\C(C)=C/C)C(C)C. The fourth-order valence-electron chi connectivity index (χ4n) is 0.527. The Morgan fingerprint density at radius 1 is 1.27 bits per heavy atom. The van der Waals surface area contributed by atoms with Crippen molar-refractivity contribution in [1.82, 2.24) is 0 Å². The molecule has 0 aliphatic rings. The third-order valence-corrected chi connectivity index (χ3v) is 1.76. The van der Waals surface area contributed by atoms with E-state index in [1.807, 2.05) is 6.92 Å². The molecule has 0 heterocycles. The standard InChI is InChI=1S/C11H18/c1-6-10(4)7-8-11(5)9(2)3/h6-9H,5H2,1-4H3/b8-7-,10-6-. The second kappa shape index (κ2) is 4.95. The molecular formula is C11H18. The highest BCUT2D eigenvalue weighted by molar-refractivity contribution is 5.25. The average molecular weight is 150 g/mol. The second-order valence-electron chi connectivity index (χ2n) is 3.10. The third kappa shape index (κ3) is 4.60. The smallest absolute Gasteiger partial charge is 0.0225 e. The van der Waals surface area contributed by atoms with Crippen LogP contribution in [0.2, 0.25) is 0 Å². The topological polar surface area (TPSA) is 0 Å². The first kappa shape index (κ1) is 10.2. The molecule has 0 spiro atoms. The molecule has 0 radical (unpaired) electrons. The summed E-state index contributed by atoms with van der Waals surface area (Å²) >= 11 is 0. The zero-order chi connectivity index (χ0) is 8.85. The Morgan fingerprint density at radius 2 is 1.82 bits per heavy atom. The number of hydrogen-bond acceptors (Lipinski definition) is 0. The predicted molar refractivity (Wildman–Crippen MR) is 52.5 cm³/mol. The van der Waals surface area contributed by atoms with Gasteiger partial charge in [-0.15, -0.1) is 0 Å². The molecule has 0 saturated carbocycles. The molecule has 11 heavy (non-hydrogen) atoms. The van der Waals surface area contributed by atoms with Gasteiger partial charge in [-0.2, -0.15) is 0 Å². The van der Waals surface area contributed by atoms with Crippen molar-refractivity contribution in [3.8, 4) is 0 Å². The van der Waals surface area contributed by atoms with Gasteiger partial charge in [-0.1, -0.05) is 49.8 Å². The summed E-state index contributed by atoms with van der Waals surface area (Å²) in [6, 6.07) is 0. The van der Waals surface area contributed by atoms with Crippen LogP contribution in [0, 0.1) is 5.92 Å². The monoisotopic (exact) mass is 150 g/mol. The van der Waals surface area contributed by atoms with Crippen LogP contribution in [0.5, 0.6) is 0 Å². The van der Waals surface area contributed by atoms with Crippen LogP contribution >= 0.6 is 0 Å². The summed E-state index contributed by atoms with van der Waals surface area (Å²) in [5.41, 5.74) is 2.47. The van der Waals surface area contributed by atoms with Crippen LogP contribution in [-0.2, 0) is 0 Å². The molecule has 0 rings (SSSR count). The predicted octanol–water partition coefficient (Wildman–Crippen LogP) is 3.72. The Labute approximate surface area is 70.3 Å². The van der Waals surface area contributed by atoms with Crippen molar-refractivity contribution in [3.63, 3.8) is 0 Å². The normalized spacial score (nSPS) is 13.0. The van der Waals surface area contributed by atoms with Crippen LogP contribution in [-0.4, -0.2) is 0 Å². The molecule has 0 heteroatoms. The minimum Gasteiger partial charge on any atom is -0.0956 e. The molecule has 0 aromatic carbocycles. The lowest BCUT2D eigenvalue weighted by Crippen LogP contribution is -1.86. The van der Waals surface area contributed by atoms with Gasteiger partial charge in [0.25, 0.3) is 0 Å². The maximum atomic E-state index is 3.95. The van der Waals surface area contributed by atoms with E-state index < -0.39 is 0 Å². The fraction of sp³-hybridized carbons (Fsp3) is 0.455. The van der Waals surface area contributed by atoms with Gasteiger partial charge in [0.15, 0.2) is 0 Å². The largest absolute Gasteiger partial charge is 0.0956 e. The summed E-state index contributed by atoms with van der Waals surface area (Å²) in [6.45, 7) is 12.4. The Hall–Kier alpha value is -0.780. The van der Waals surface area contributed by atoms with Crippen molar-refractivity contribution in [3.05, 3.63) is 36.0 Å². The maximum Gasteiger partial charge on any atom is -0.0225 e. The average Bonchev–Trinajstić information content (AvgIpc) is 1.99. The lowest BCUT2D eigenvalue weighted by Gasteiger charge is -2.02. The number of hydrogen-bond donors (Lipinski definition) is 0. The van der Waals surface area contributed by atoms with Crippen LogP contribution in [0.4, 0.5) is 0 Å². The quantitative estimate of drug-likeness (QED) is 0.538. The minimum absolute atomic E-state index is 0.552. The molecule has 0 fully saturated rings. The van der Waals surface area contributed by atoms with E-state index in [4.69, 9.17) is 0 Å². The summed E-state index contributed by atoms with van der Waals surface area (Å²) in [5, 5.41) is 0. The van der Waals surface area contributed by atoms with E-state index in [0.717, 1.165) is 0 Å². The Bertz CT molecular complexity index is 180. The Kier molecular flexibility index (Phi) is 4.60. The van der Waals surface area contributed by atoms with Crippen molar-refractivity contribution >= 4 is 0 Å². The Balaban J connectivity index is 4.04. The molecule has 0 N–H and O–H groups in total. The van der Waals surface area contributed by atoms with Gasteiger partial charge in [0.2, 0.25) is 0 Å². The lowest BCUT2D eigenvalue weighted by molar-refractivity contribution is 0.795. The molecule has 0 bridgehead atoms. The molecule has 0 nitrogen and oxygen atoms in total. The van der Waals surface area contributed by atoms with E-state index in [0.29, 0.717) is 5.92 Å². The summed E-state index contributed by atoms with van der Waals surface area (Å²) in [4.78, 5) is 0. The zero-order valence-electron chi connectivity index (χ0n) is 8.02. The lowest BCUT2D eigenvalue weighted by atomic mass is 10.0. The van der Waals surface area contributed by atoms with Gasteiger partial charge < -0.3 is 0 Å². The van der Waals surface area contributed by atoms with Crippen molar-refractivity contribution < 1.29 is 0 Å². The number of rotatable bonds is 3. The Morgan fingerprint density at radius 3 is 2.18 bits per heavy atom. The van der Waals surface area contributed by atoms with Crippen molar-refractivity contribution in [2.24, 2.45) is 5.92 Å². The second-order valence-corrected chi connectivity index (χ2v) is 3.10. The molecule has 0 atom stereocenters. The minimum atomic E-state index is 0.552. The van der Waals surface area contributed by atoms with E-state index in [2.05, 4.69) is 45.6 Å². The van der Waals surface area contributed by atoms with Crippen LogP contribution < -0.4 is 0 Å². The van der Waals surface area contributed by atoms with Gasteiger partial charge in [-0.3, -0.25) is 0 Å². The van der Waals surface area contributed by atoms with E-state index in [9.17, 15) is 0 Å². The summed E-state index contributed by atoms with van der Waals surface area (Å²) in [5.74, 6) is 0.552. The molecule has 0 unspecified atom stereocenters. The van der Waals surface area contributed by atoms with Gasteiger partial charge in [0, 0.05) is 0 Å². The summed E-state index contributed by atoms with van der Waals surface area (Å²) in [7, 11) is 0. The van der Waals surface area contributed by atoms with Gasteiger partial charge in [0.05, 0.1) is 0 Å². The molecule has 62 valence electrons. The van der Waals surface area contributed by atoms with Crippen LogP contribution in [0.3, 0.4) is 0 Å². The molecule has 0 aromatic heterocycles. The first-order valence-corrected chi connectivity index (χ1v) is 4.07. The van der Waals surface area contributed by atoms with Crippen molar-refractivity contribution in [2.45, 2.75) is 27.7 Å². The third-order valence-electron chi connectivity index (χ3n) is 1.76.